The maximum Gasteiger partial charge on any atom is 0.338 e. The van der Waals surface area contributed by atoms with Gasteiger partial charge in [0.25, 0.3) is 0 Å². The average molecular weight is 420 g/mol. The molecule has 31 heavy (non-hydrogen) atoms. The second kappa shape index (κ2) is 9.75. The number of aromatic nitrogens is 1. The predicted molar refractivity (Wildman–Crippen MR) is 116 cm³/mol. The van der Waals surface area contributed by atoms with Gasteiger partial charge in [-0.1, -0.05) is 56.3 Å². The molecule has 2 heterocycles. The molecule has 7 heteroatoms. The number of nitrogens with zero attached hydrogens (tertiary/aromatic N) is 1. The third-order valence-electron chi connectivity index (χ3n) is 4.56. The van der Waals surface area contributed by atoms with Crippen LogP contribution < -0.4 is 16.1 Å². The molecule has 1 aliphatic rings. The molecule has 3 aromatic rings. The lowest BCUT2D eigenvalue weighted by molar-refractivity contribution is -0.148. The van der Waals surface area contributed by atoms with Crippen LogP contribution in [0.3, 0.4) is 0 Å². The molecule has 0 spiro atoms. The Kier molecular flexibility index (Phi) is 6.87. The fraction of sp³-hybridized carbons (Fsp3) is 0.208. The number of anilines is 1. The highest BCUT2D eigenvalue weighted by molar-refractivity contribution is 5.90. The van der Waals surface area contributed by atoms with E-state index in [0.717, 1.165) is 15.9 Å². The van der Waals surface area contributed by atoms with Gasteiger partial charge in [0, 0.05) is 6.42 Å². The minimum absolute atomic E-state index is 0.0448. The van der Waals surface area contributed by atoms with Crippen LogP contribution in [-0.4, -0.2) is 16.7 Å². The molecule has 2 aromatic carbocycles. The minimum atomic E-state index is -0.516. The van der Waals surface area contributed by atoms with E-state index in [1.165, 1.54) is 6.07 Å². The maximum atomic E-state index is 12.1. The molecule has 0 unspecified atom stereocenters. The molecule has 0 amide bonds. The van der Waals surface area contributed by atoms with Crippen molar-refractivity contribution in [2.24, 2.45) is 5.92 Å². The van der Waals surface area contributed by atoms with E-state index >= 15 is 0 Å². The molecule has 2 N–H and O–H groups in total. The third kappa shape index (κ3) is 5.60. The highest BCUT2D eigenvalue weighted by atomic mass is 16.7. The number of carbonyl (C=O) groups is 2. The molecule has 1 aromatic heterocycles. The molecule has 1 aliphatic heterocycles. The van der Waals surface area contributed by atoms with Crippen LogP contribution in [0.1, 0.15) is 41.0 Å². The van der Waals surface area contributed by atoms with Crippen molar-refractivity contribution in [3.63, 3.8) is 0 Å². The third-order valence-corrected chi connectivity index (χ3v) is 4.56. The molecule has 2 bridgehead atoms. The van der Waals surface area contributed by atoms with Crippen molar-refractivity contribution in [3.05, 3.63) is 99.5 Å². The van der Waals surface area contributed by atoms with Gasteiger partial charge >= 0.3 is 17.5 Å². The zero-order valence-electron chi connectivity index (χ0n) is 17.4. The summed E-state index contributed by atoms with van der Waals surface area (Å²) in [4.78, 5) is 39.9. The number of benzene rings is 2. The zero-order chi connectivity index (χ0) is 22.4. The summed E-state index contributed by atoms with van der Waals surface area (Å²) >= 11 is 0. The van der Waals surface area contributed by atoms with Crippen LogP contribution in [0.4, 0.5) is 5.69 Å². The summed E-state index contributed by atoms with van der Waals surface area (Å²) < 4.78 is 5.81. The highest BCUT2D eigenvalue weighted by Gasteiger charge is 2.15. The summed E-state index contributed by atoms with van der Waals surface area (Å²) in [5.74, 6) is -1.02. The van der Waals surface area contributed by atoms with Gasteiger partial charge in [-0.3, -0.25) is 4.79 Å². The summed E-state index contributed by atoms with van der Waals surface area (Å²) in [6.07, 6.45) is 0.474. The SMILES string of the molecule is CC(C)C(=O)On1c(Cc2ccccc2)ccc(N)c1=O.O=C1OCc2cccc1c2. The van der Waals surface area contributed by atoms with Crippen LogP contribution >= 0.6 is 0 Å². The number of hydrogen-bond acceptors (Lipinski definition) is 6. The Morgan fingerprint density at radius 1 is 1.06 bits per heavy atom. The Labute approximate surface area is 180 Å². The number of esters is 1. The summed E-state index contributed by atoms with van der Waals surface area (Å²) in [5.41, 5.74) is 8.45. The Balaban J connectivity index is 0.000000225. The molecule has 0 saturated heterocycles. The van der Waals surface area contributed by atoms with Crippen molar-refractivity contribution in [2.75, 3.05) is 5.73 Å². The standard InChI is InChI=1S/C16H18N2O3.C8H6O2/c1-11(2)16(20)21-18-13(8-9-14(17)15(18)19)10-12-6-4-3-5-7-12;9-8-7-3-1-2-6(4-7)5-10-8/h3-9,11H,10,17H2,1-2H3;1-4H,5H2. The largest absolute Gasteiger partial charge is 0.457 e. The molecule has 0 saturated carbocycles. The van der Waals surface area contributed by atoms with E-state index in [1.807, 2.05) is 48.5 Å². The maximum absolute atomic E-state index is 12.1. The number of pyridine rings is 1. The number of nitrogen functional groups attached to an aromatic ring is 1. The van der Waals surface area contributed by atoms with Gasteiger partial charge in [-0.05, 0) is 35.4 Å². The van der Waals surface area contributed by atoms with Gasteiger partial charge in [0.15, 0.2) is 0 Å². The molecular weight excluding hydrogens is 396 g/mol. The van der Waals surface area contributed by atoms with Crippen LogP contribution in [-0.2, 0) is 22.6 Å². The predicted octanol–water partition coefficient (Wildman–Crippen LogP) is 2.99. The quantitative estimate of drug-likeness (QED) is 0.651. The summed E-state index contributed by atoms with van der Waals surface area (Å²) in [5, 5.41) is 0. The Bertz CT molecular complexity index is 1140. The molecule has 0 radical (unpaired) electrons. The molecule has 160 valence electrons. The van der Waals surface area contributed by atoms with E-state index in [0.29, 0.717) is 24.3 Å². The van der Waals surface area contributed by atoms with Gasteiger partial charge in [-0.2, -0.15) is 0 Å². The van der Waals surface area contributed by atoms with Crippen LogP contribution in [0.25, 0.3) is 0 Å². The van der Waals surface area contributed by atoms with Crippen LogP contribution in [0.15, 0.2) is 71.5 Å². The molecular formula is C24H24N2O5. The zero-order valence-corrected chi connectivity index (χ0v) is 17.4. The van der Waals surface area contributed by atoms with Gasteiger partial charge < -0.3 is 15.3 Å². The Morgan fingerprint density at radius 2 is 1.81 bits per heavy atom. The molecule has 0 atom stereocenters. The van der Waals surface area contributed by atoms with E-state index in [4.69, 9.17) is 15.3 Å². The molecule has 7 nitrogen and oxygen atoms in total. The van der Waals surface area contributed by atoms with Gasteiger partial charge in [0.1, 0.15) is 12.3 Å². The van der Waals surface area contributed by atoms with E-state index in [-0.39, 0.29) is 17.6 Å². The van der Waals surface area contributed by atoms with Crippen LogP contribution in [0.2, 0.25) is 0 Å². The topological polar surface area (TPSA) is 101 Å². The summed E-state index contributed by atoms with van der Waals surface area (Å²) in [6.45, 7) is 3.83. The fourth-order valence-corrected chi connectivity index (χ4v) is 2.82. The first-order chi connectivity index (χ1) is 14.8. The number of hydrogen-bond donors (Lipinski definition) is 1. The smallest absolute Gasteiger partial charge is 0.338 e. The normalized spacial score (nSPS) is 11.9. The Hall–Kier alpha value is -3.87. The van der Waals surface area contributed by atoms with Crippen molar-refractivity contribution >= 4 is 17.6 Å². The number of cyclic esters (lactones) is 1. The summed E-state index contributed by atoms with van der Waals surface area (Å²) in [7, 11) is 0. The van der Waals surface area contributed by atoms with Crippen molar-refractivity contribution in [3.8, 4) is 0 Å². The van der Waals surface area contributed by atoms with E-state index in [2.05, 4.69) is 0 Å². The van der Waals surface area contributed by atoms with Crippen molar-refractivity contribution in [1.82, 2.24) is 4.73 Å². The van der Waals surface area contributed by atoms with Crippen molar-refractivity contribution < 1.29 is 19.2 Å². The number of fused-ring (bicyclic) bond motifs is 2. The lowest BCUT2D eigenvalue weighted by atomic mass is 10.1. The number of carbonyl (C=O) groups excluding carboxylic acids is 2. The average Bonchev–Trinajstić information content (AvgIpc) is 2.77. The first kappa shape index (κ1) is 21.8. The Morgan fingerprint density at radius 3 is 2.48 bits per heavy atom. The first-order valence-corrected chi connectivity index (χ1v) is 9.87. The van der Waals surface area contributed by atoms with Gasteiger partial charge in [-0.15, -0.1) is 4.73 Å². The minimum Gasteiger partial charge on any atom is -0.457 e. The van der Waals surface area contributed by atoms with Gasteiger partial charge in [0.2, 0.25) is 0 Å². The highest BCUT2D eigenvalue weighted by Crippen LogP contribution is 2.14. The monoisotopic (exact) mass is 420 g/mol. The van der Waals surface area contributed by atoms with Gasteiger partial charge in [0.05, 0.1) is 17.2 Å². The second-order valence-corrected chi connectivity index (χ2v) is 7.38. The van der Waals surface area contributed by atoms with Crippen molar-refractivity contribution in [2.45, 2.75) is 26.9 Å². The fourth-order valence-electron chi connectivity index (χ4n) is 2.82. The van der Waals surface area contributed by atoms with E-state index in [9.17, 15) is 14.4 Å². The molecule has 0 fully saturated rings. The van der Waals surface area contributed by atoms with E-state index in [1.54, 1.807) is 26.0 Å². The molecule has 0 aliphatic carbocycles. The van der Waals surface area contributed by atoms with Crippen LogP contribution in [0, 0.1) is 5.92 Å². The van der Waals surface area contributed by atoms with Crippen molar-refractivity contribution in [1.29, 1.82) is 0 Å². The number of rotatable bonds is 4. The summed E-state index contributed by atoms with van der Waals surface area (Å²) in [6, 6.07) is 20.3. The second-order valence-electron chi connectivity index (χ2n) is 7.38. The lowest BCUT2D eigenvalue weighted by Gasteiger charge is -2.14. The molecule has 4 rings (SSSR count). The van der Waals surface area contributed by atoms with Gasteiger partial charge in [-0.25, -0.2) is 9.59 Å². The van der Waals surface area contributed by atoms with E-state index < -0.39 is 11.5 Å². The van der Waals surface area contributed by atoms with Crippen LogP contribution in [0.5, 0.6) is 0 Å². The number of nitrogens with two attached hydrogens (primary N) is 1. The first-order valence-electron chi connectivity index (χ1n) is 9.87. The number of ether oxygens (including phenoxy) is 1. The lowest BCUT2D eigenvalue weighted by Crippen LogP contribution is -2.36.